The first-order valence-corrected chi connectivity index (χ1v) is 7.90. The fraction of sp³-hybridized carbons (Fsp3) is 0.812. The van der Waals surface area contributed by atoms with Crippen LogP contribution in [0.3, 0.4) is 0 Å². The number of esters is 1. The lowest BCUT2D eigenvalue weighted by atomic mass is 10.1. The molecule has 1 heterocycles. The molecule has 0 radical (unpaired) electrons. The topological polar surface area (TPSA) is 66.9 Å². The Morgan fingerprint density at radius 1 is 1.32 bits per heavy atom. The minimum Gasteiger partial charge on any atom is -0.459 e. The van der Waals surface area contributed by atoms with Gasteiger partial charge in [-0.05, 0) is 39.5 Å². The highest BCUT2D eigenvalue weighted by Gasteiger charge is 2.38. The second-order valence-corrected chi connectivity index (χ2v) is 7.42. The molecule has 0 unspecified atom stereocenters. The maximum absolute atomic E-state index is 12.4. The molecule has 0 spiro atoms. The van der Waals surface area contributed by atoms with E-state index >= 15 is 0 Å². The Hall–Kier alpha value is -1.59. The van der Waals surface area contributed by atoms with Crippen molar-refractivity contribution >= 4 is 17.8 Å². The minimum atomic E-state index is -0.564. The number of likely N-dealkylation sites (tertiary alicyclic amines) is 1. The van der Waals surface area contributed by atoms with Crippen molar-refractivity contribution in [2.75, 3.05) is 26.7 Å². The van der Waals surface area contributed by atoms with Crippen molar-refractivity contribution in [2.24, 2.45) is 11.8 Å². The number of carbonyl (C=O) groups excluding carboxylic acids is 3. The number of amides is 2. The smallest absolute Gasteiger partial charge is 0.326 e. The number of nitrogens with zero attached hydrogens (tertiary/aromatic N) is 2. The molecular weight excluding hydrogens is 284 g/mol. The Bertz CT molecular complexity index is 465. The molecule has 1 aliphatic heterocycles. The van der Waals surface area contributed by atoms with E-state index < -0.39 is 11.6 Å². The van der Waals surface area contributed by atoms with Crippen LogP contribution in [-0.4, -0.2) is 59.9 Å². The molecule has 1 atom stereocenters. The molecule has 6 nitrogen and oxygen atoms in total. The van der Waals surface area contributed by atoms with Crippen molar-refractivity contribution in [3.63, 3.8) is 0 Å². The van der Waals surface area contributed by atoms with Crippen LogP contribution in [0.25, 0.3) is 0 Å². The van der Waals surface area contributed by atoms with Gasteiger partial charge in [-0.3, -0.25) is 14.4 Å². The van der Waals surface area contributed by atoms with E-state index in [-0.39, 0.29) is 30.7 Å². The Balaban J connectivity index is 1.82. The van der Waals surface area contributed by atoms with Crippen molar-refractivity contribution in [3.8, 4) is 0 Å². The van der Waals surface area contributed by atoms with E-state index in [0.717, 1.165) is 6.54 Å². The highest BCUT2D eigenvalue weighted by molar-refractivity contribution is 5.90. The number of hydrogen-bond acceptors (Lipinski definition) is 4. The highest BCUT2D eigenvalue weighted by atomic mass is 16.6. The average Bonchev–Trinajstić information content (AvgIpc) is 3.10. The van der Waals surface area contributed by atoms with Gasteiger partial charge in [0.05, 0.1) is 5.92 Å². The molecule has 0 aromatic heterocycles. The van der Waals surface area contributed by atoms with Gasteiger partial charge in [0.1, 0.15) is 12.1 Å². The molecule has 0 bridgehead atoms. The van der Waals surface area contributed by atoms with Gasteiger partial charge in [-0.1, -0.05) is 0 Å². The minimum absolute atomic E-state index is 0.0518. The molecule has 0 aromatic rings. The van der Waals surface area contributed by atoms with E-state index in [1.165, 1.54) is 17.7 Å². The number of ether oxygens (including phenoxy) is 1. The summed E-state index contributed by atoms with van der Waals surface area (Å²) >= 11 is 0. The van der Waals surface area contributed by atoms with Crippen molar-refractivity contribution in [1.82, 2.24) is 9.80 Å². The lowest BCUT2D eigenvalue weighted by Crippen LogP contribution is -2.40. The molecule has 1 saturated carbocycles. The molecule has 1 aliphatic carbocycles. The molecule has 2 amide bonds. The quantitative estimate of drug-likeness (QED) is 0.712. The molecule has 124 valence electrons. The Morgan fingerprint density at radius 2 is 1.95 bits per heavy atom. The lowest BCUT2D eigenvalue weighted by molar-refractivity contribution is -0.158. The molecule has 2 rings (SSSR count). The van der Waals surface area contributed by atoms with Crippen molar-refractivity contribution in [3.05, 3.63) is 0 Å². The summed E-state index contributed by atoms with van der Waals surface area (Å²) in [6.45, 7) is 6.54. The van der Waals surface area contributed by atoms with Crippen LogP contribution in [0.5, 0.6) is 0 Å². The third-order valence-electron chi connectivity index (χ3n) is 3.90. The monoisotopic (exact) mass is 310 g/mol. The Kier molecular flexibility index (Phi) is 4.78. The SMILES string of the molecule is CN(CC(=O)OC(C)(C)C)C(=O)[C@H]1CC(=O)N(CC2CC2)C1. The summed E-state index contributed by atoms with van der Waals surface area (Å²) in [6.07, 6.45) is 2.62. The zero-order chi connectivity index (χ0) is 16.5. The molecule has 2 fully saturated rings. The summed E-state index contributed by atoms with van der Waals surface area (Å²) in [5, 5.41) is 0. The molecule has 6 heteroatoms. The fourth-order valence-corrected chi connectivity index (χ4v) is 2.68. The third kappa shape index (κ3) is 4.71. The highest BCUT2D eigenvalue weighted by Crippen LogP contribution is 2.32. The van der Waals surface area contributed by atoms with Crippen LogP contribution in [0.15, 0.2) is 0 Å². The Labute approximate surface area is 131 Å². The largest absolute Gasteiger partial charge is 0.459 e. The van der Waals surface area contributed by atoms with Gasteiger partial charge in [0.25, 0.3) is 0 Å². The second-order valence-electron chi connectivity index (χ2n) is 7.42. The summed E-state index contributed by atoms with van der Waals surface area (Å²) < 4.78 is 5.21. The van der Waals surface area contributed by atoms with Crippen LogP contribution in [0.1, 0.15) is 40.0 Å². The van der Waals surface area contributed by atoms with Gasteiger partial charge >= 0.3 is 5.97 Å². The third-order valence-corrected chi connectivity index (χ3v) is 3.90. The van der Waals surface area contributed by atoms with E-state index in [2.05, 4.69) is 0 Å². The van der Waals surface area contributed by atoms with E-state index in [0.29, 0.717) is 12.5 Å². The summed E-state index contributed by atoms with van der Waals surface area (Å²) in [4.78, 5) is 39.3. The van der Waals surface area contributed by atoms with Crippen LogP contribution in [0.4, 0.5) is 0 Å². The van der Waals surface area contributed by atoms with Crippen LogP contribution >= 0.6 is 0 Å². The van der Waals surface area contributed by atoms with Crippen molar-refractivity contribution in [1.29, 1.82) is 0 Å². The van der Waals surface area contributed by atoms with Gasteiger partial charge in [0.15, 0.2) is 0 Å². The maximum Gasteiger partial charge on any atom is 0.326 e. The average molecular weight is 310 g/mol. The summed E-state index contributed by atoms with van der Waals surface area (Å²) in [5.41, 5.74) is -0.564. The zero-order valence-electron chi connectivity index (χ0n) is 13.9. The predicted molar refractivity (Wildman–Crippen MR) is 80.9 cm³/mol. The van der Waals surface area contributed by atoms with Gasteiger partial charge in [0, 0.05) is 26.6 Å². The number of rotatable bonds is 5. The van der Waals surface area contributed by atoms with Gasteiger partial charge in [0.2, 0.25) is 11.8 Å². The maximum atomic E-state index is 12.4. The molecule has 2 aliphatic rings. The summed E-state index contributed by atoms with van der Waals surface area (Å²) in [6, 6.07) is 0. The molecule has 0 aromatic carbocycles. The van der Waals surface area contributed by atoms with Gasteiger partial charge in [-0.15, -0.1) is 0 Å². The van der Waals surface area contributed by atoms with Crippen LogP contribution in [0.2, 0.25) is 0 Å². The van der Waals surface area contributed by atoms with Gasteiger partial charge in [-0.2, -0.15) is 0 Å². The Morgan fingerprint density at radius 3 is 2.50 bits per heavy atom. The van der Waals surface area contributed by atoms with E-state index in [4.69, 9.17) is 4.74 Å². The first-order chi connectivity index (χ1) is 10.2. The van der Waals surface area contributed by atoms with Crippen LogP contribution < -0.4 is 0 Å². The number of hydrogen-bond donors (Lipinski definition) is 0. The van der Waals surface area contributed by atoms with Gasteiger partial charge in [-0.25, -0.2) is 0 Å². The normalized spacial score (nSPS) is 21.9. The fourth-order valence-electron chi connectivity index (χ4n) is 2.68. The molecule has 22 heavy (non-hydrogen) atoms. The van der Waals surface area contributed by atoms with Crippen LogP contribution in [0, 0.1) is 11.8 Å². The molecular formula is C16H26N2O4. The first kappa shape index (κ1) is 16.8. The standard InChI is InChI=1S/C16H26N2O4/c1-16(2,3)22-14(20)10-17(4)15(21)12-7-13(19)18(9-12)8-11-5-6-11/h11-12H,5-10H2,1-4H3/t12-/m0/s1. The van der Waals surface area contributed by atoms with E-state index in [9.17, 15) is 14.4 Å². The number of likely N-dealkylation sites (N-methyl/N-ethyl adjacent to an activating group) is 1. The zero-order valence-corrected chi connectivity index (χ0v) is 13.9. The van der Waals surface area contributed by atoms with E-state index in [1.54, 1.807) is 32.7 Å². The number of carbonyl (C=O) groups is 3. The molecule has 0 N–H and O–H groups in total. The van der Waals surface area contributed by atoms with Crippen molar-refractivity contribution in [2.45, 2.75) is 45.6 Å². The van der Waals surface area contributed by atoms with E-state index in [1.807, 2.05) is 0 Å². The summed E-state index contributed by atoms with van der Waals surface area (Å²) in [7, 11) is 1.58. The summed E-state index contributed by atoms with van der Waals surface area (Å²) in [5.74, 6) is -0.244. The first-order valence-electron chi connectivity index (χ1n) is 7.90. The second kappa shape index (κ2) is 6.26. The molecule has 1 saturated heterocycles. The van der Waals surface area contributed by atoms with Gasteiger partial charge < -0.3 is 14.5 Å². The predicted octanol–water partition coefficient (Wildman–Crippen LogP) is 1.04. The van der Waals surface area contributed by atoms with Crippen LogP contribution in [-0.2, 0) is 19.1 Å². The lowest BCUT2D eigenvalue weighted by Gasteiger charge is -2.24. The van der Waals surface area contributed by atoms with Crippen molar-refractivity contribution < 1.29 is 19.1 Å².